The first-order valence-corrected chi connectivity index (χ1v) is 8.44. The standard InChI is InChI=1S/C17H22N2OS/c1-13-18-16(12-21-13)10-19(17(11-20)15-7-8-15)9-14-5-3-2-4-6-14/h2-6,12,15,17,20H,7-11H2,1H3. The zero-order valence-electron chi connectivity index (χ0n) is 12.4. The minimum absolute atomic E-state index is 0.237. The van der Waals surface area contributed by atoms with Crippen molar-refractivity contribution in [2.75, 3.05) is 6.61 Å². The summed E-state index contributed by atoms with van der Waals surface area (Å²) in [4.78, 5) is 6.97. The van der Waals surface area contributed by atoms with Gasteiger partial charge in [-0.2, -0.15) is 0 Å². The van der Waals surface area contributed by atoms with Gasteiger partial charge in [-0.05, 0) is 31.2 Å². The van der Waals surface area contributed by atoms with Crippen molar-refractivity contribution in [1.29, 1.82) is 0 Å². The zero-order valence-corrected chi connectivity index (χ0v) is 13.2. The third-order valence-corrected chi connectivity index (χ3v) is 4.90. The maximum absolute atomic E-state index is 9.81. The van der Waals surface area contributed by atoms with Gasteiger partial charge in [-0.3, -0.25) is 4.90 Å². The van der Waals surface area contributed by atoms with Crippen molar-refractivity contribution in [2.24, 2.45) is 5.92 Å². The lowest BCUT2D eigenvalue weighted by Gasteiger charge is -2.30. The van der Waals surface area contributed by atoms with Crippen LogP contribution in [-0.4, -0.2) is 27.6 Å². The Kier molecular flexibility index (Phi) is 4.68. The summed E-state index contributed by atoms with van der Waals surface area (Å²) in [7, 11) is 0. The van der Waals surface area contributed by atoms with E-state index in [2.05, 4.69) is 39.5 Å². The molecule has 0 aliphatic heterocycles. The molecule has 1 unspecified atom stereocenters. The second-order valence-electron chi connectivity index (χ2n) is 5.84. The molecule has 0 saturated heterocycles. The number of aliphatic hydroxyl groups excluding tert-OH is 1. The van der Waals surface area contributed by atoms with Crippen molar-refractivity contribution in [1.82, 2.24) is 9.88 Å². The van der Waals surface area contributed by atoms with Crippen molar-refractivity contribution in [3.63, 3.8) is 0 Å². The maximum Gasteiger partial charge on any atom is 0.0897 e. The average Bonchev–Trinajstić information content (AvgIpc) is 3.24. The number of aromatic nitrogens is 1. The van der Waals surface area contributed by atoms with E-state index in [9.17, 15) is 5.11 Å². The Hall–Kier alpha value is -1.23. The molecule has 1 aliphatic rings. The third-order valence-electron chi connectivity index (χ3n) is 4.08. The summed E-state index contributed by atoms with van der Waals surface area (Å²) < 4.78 is 0. The van der Waals surface area contributed by atoms with E-state index in [1.54, 1.807) is 11.3 Å². The molecule has 0 bridgehead atoms. The molecule has 1 aliphatic carbocycles. The summed E-state index contributed by atoms with van der Waals surface area (Å²) in [5.41, 5.74) is 2.41. The van der Waals surface area contributed by atoms with Gasteiger partial charge in [-0.15, -0.1) is 11.3 Å². The monoisotopic (exact) mass is 302 g/mol. The number of benzene rings is 1. The van der Waals surface area contributed by atoms with E-state index in [4.69, 9.17) is 0 Å². The molecule has 1 atom stereocenters. The number of hydrogen-bond donors (Lipinski definition) is 1. The van der Waals surface area contributed by atoms with Gasteiger partial charge in [0.25, 0.3) is 0 Å². The number of thiazole rings is 1. The Balaban J connectivity index is 1.76. The second kappa shape index (κ2) is 6.69. The molecule has 1 aromatic carbocycles. The van der Waals surface area contributed by atoms with Crippen LogP contribution in [0.4, 0.5) is 0 Å². The van der Waals surface area contributed by atoms with Crippen molar-refractivity contribution >= 4 is 11.3 Å². The van der Waals surface area contributed by atoms with E-state index >= 15 is 0 Å². The second-order valence-corrected chi connectivity index (χ2v) is 6.90. The Morgan fingerprint density at radius 2 is 2.05 bits per heavy atom. The quantitative estimate of drug-likeness (QED) is 0.853. The van der Waals surface area contributed by atoms with Gasteiger partial charge in [0, 0.05) is 24.5 Å². The normalized spacial score (nSPS) is 16.3. The van der Waals surface area contributed by atoms with Crippen LogP contribution in [0, 0.1) is 12.8 Å². The molecule has 0 amide bonds. The third kappa shape index (κ3) is 3.90. The lowest BCUT2D eigenvalue weighted by molar-refractivity contribution is 0.0935. The van der Waals surface area contributed by atoms with E-state index in [0.717, 1.165) is 23.8 Å². The Morgan fingerprint density at radius 3 is 2.62 bits per heavy atom. The molecule has 3 nitrogen and oxygen atoms in total. The van der Waals surface area contributed by atoms with Crippen molar-refractivity contribution in [2.45, 2.75) is 38.9 Å². The molecular weight excluding hydrogens is 280 g/mol. The predicted octanol–water partition coefficient (Wildman–Crippen LogP) is 3.22. The molecule has 21 heavy (non-hydrogen) atoms. The first-order valence-electron chi connectivity index (χ1n) is 7.56. The highest BCUT2D eigenvalue weighted by Gasteiger charge is 2.35. The van der Waals surface area contributed by atoms with Gasteiger partial charge in [-0.25, -0.2) is 4.98 Å². The van der Waals surface area contributed by atoms with Crippen LogP contribution in [0.25, 0.3) is 0 Å². The summed E-state index contributed by atoms with van der Waals surface area (Å²) in [6.45, 7) is 3.97. The summed E-state index contributed by atoms with van der Waals surface area (Å²) in [5, 5.41) is 13.1. The van der Waals surface area contributed by atoms with E-state index in [1.165, 1.54) is 18.4 Å². The van der Waals surface area contributed by atoms with Crippen LogP contribution in [0.1, 0.15) is 29.1 Å². The van der Waals surface area contributed by atoms with Gasteiger partial charge in [0.1, 0.15) is 0 Å². The Bertz CT molecular complexity index is 565. The number of nitrogens with zero attached hydrogens (tertiary/aromatic N) is 2. The van der Waals surface area contributed by atoms with E-state index in [1.807, 2.05) is 13.0 Å². The van der Waals surface area contributed by atoms with Crippen molar-refractivity contribution in [3.05, 3.63) is 52.0 Å². The van der Waals surface area contributed by atoms with Crippen LogP contribution >= 0.6 is 11.3 Å². The highest BCUT2D eigenvalue weighted by atomic mass is 32.1. The predicted molar refractivity (Wildman–Crippen MR) is 86.1 cm³/mol. The molecule has 1 fully saturated rings. The molecule has 3 rings (SSSR count). The summed E-state index contributed by atoms with van der Waals surface area (Å²) in [6.07, 6.45) is 2.49. The fraction of sp³-hybridized carbons (Fsp3) is 0.471. The number of rotatable bonds is 7. The molecular formula is C17H22N2OS. The molecule has 1 heterocycles. The van der Waals surface area contributed by atoms with Gasteiger partial charge in [0.15, 0.2) is 0 Å². The van der Waals surface area contributed by atoms with E-state index in [0.29, 0.717) is 5.92 Å². The molecule has 2 aromatic rings. The summed E-state index contributed by atoms with van der Waals surface area (Å²) in [6, 6.07) is 10.8. The van der Waals surface area contributed by atoms with Gasteiger partial charge < -0.3 is 5.11 Å². The lowest BCUT2D eigenvalue weighted by atomic mass is 10.1. The van der Waals surface area contributed by atoms with Crippen molar-refractivity contribution in [3.8, 4) is 0 Å². The maximum atomic E-state index is 9.81. The molecule has 1 aromatic heterocycles. The largest absolute Gasteiger partial charge is 0.395 e. The Labute approximate surface area is 130 Å². The first kappa shape index (κ1) is 14.7. The lowest BCUT2D eigenvalue weighted by Crippen LogP contribution is -2.38. The SMILES string of the molecule is Cc1nc(CN(Cc2ccccc2)C(CO)C2CC2)cs1. The van der Waals surface area contributed by atoms with Crippen LogP contribution in [-0.2, 0) is 13.1 Å². The first-order chi connectivity index (χ1) is 10.3. The average molecular weight is 302 g/mol. The smallest absolute Gasteiger partial charge is 0.0897 e. The summed E-state index contributed by atoms with van der Waals surface area (Å²) in [5.74, 6) is 0.651. The molecule has 1 N–H and O–H groups in total. The highest BCUT2D eigenvalue weighted by Crippen LogP contribution is 2.36. The fourth-order valence-electron chi connectivity index (χ4n) is 2.84. The molecule has 4 heteroatoms. The number of aryl methyl sites for hydroxylation is 1. The molecule has 112 valence electrons. The zero-order chi connectivity index (χ0) is 14.7. The minimum Gasteiger partial charge on any atom is -0.395 e. The van der Waals surface area contributed by atoms with Gasteiger partial charge >= 0.3 is 0 Å². The van der Waals surface area contributed by atoms with E-state index < -0.39 is 0 Å². The fourth-order valence-corrected chi connectivity index (χ4v) is 3.44. The minimum atomic E-state index is 0.237. The van der Waals surface area contributed by atoms with Gasteiger partial charge in [-0.1, -0.05) is 30.3 Å². The van der Waals surface area contributed by atoms with E-state index in [-0.39, 0.29) is 12.6 Å². The van der Waals surface area contributed by atoms with Crippen LogP contribution in [0.5, 0.6) is 0 Å². The van der Waals surface area contributed by atoms with Gasteiger partial charge in [0.2, 0.25) is 0 Å². The summed E-state index contributed by atoms with van der Waals surface area (Å²) >= 11 is 1.70. The molecule has 0 radical (unpaired) electrons. The van der Waals surface area contributed by atoms with Crippen LogP contribution in [0.2, 0.25) is 0 Å². The topological polar surface area (TPSA) is 36.4 Å². The van der Waals surface area contributed by atoms with Crippen LogP contribution in [0.15, 0.2) is 35.7 Å². The van der Waals surface area contributed by atoms with Crippen molar-refractivity contribution < 1.29 is 5.11 Å². The van der Waals surface area contributed by atoms with Crippen LogP contribution < -0.4 is 0 Å². The molecule has 0 spiro atoms. The Morgan fingerprint density at radius 1 is 1.29 bits per heavy atom. The van der Waals surface area contributed by atoms with Crippen LogP contribution in [0.3, 0.4) is 0 Å². The molecule has 1 saturated carbocycles. The number of aliphatic hydroxyl groups is 1. The van der Waals surface area contributed by atoms with Gasteiger partial charge in [0.05, 0.1) is 17.3 Å². The highest BCUT2D eigenvalue weighted by molar-refractivity contribution is 7.09. The number of hydrogen-bond acceptors (Lipinski definition) is 4.